The molecule has 0 radical (unpaired) electrons. The number of ether oxygens (including phenoxy) is 2. The predicted molar refractivity (Wildman–Crippen MR) is 160 cm³/mol. The minimum Gasteiger partial charge on any atom is -0.392 e. The van der Waals surface area contributed by atoms with Gasteiger partial charge in [-0.25, -0.2) is 4.90 Å². The Hall–Kier alpha value is -4.14. The summed E-state index contributed by atoms with van der Waals surface area (Å²) in [6.07, 6.45) is -1.15. The molecule has 2 aliphatic rings. The Balaban J connectivity index is 1.29. The van der Waals surface area contributed by atoms with E-state index in [0.29, 0.717) is 23.4 Å². The van der Waals surface area contributed by atoms with Crippen LogP contribution >= 0.6 is 0 Å². The number of fused-ring (bicyclic) bond motifs is 1. The van der Waals surface area contributed by atoms with Gasteiger partial charge in [0.25, 0.3) is 11.8 Å². The highest BCUT2D eigenvalue weighted by Gasteiger charge is 2.40. The average molecular weight is 563 g/mol. The van der Waals surface area contributed by atoms with Crippen LogP contribution in [-0.2, 0) is 22.6 Å². The number of aliphatic hydroxyl groups is 1. The van der Waals surface area contributed by atoms with Crippen LogP contribution in [0.25, 0.3) is 0 Å². The van der Waals surface area contributed by atoms with E-state index >= 15 is 0 Å². The molecule has 7 nitrogen and oxygen atoms in total. The summed E-state index contributed by atoms with van der Waals surface area (Å²) in [7, 11) is 2.08. The first-order valence-corrected chi connectivity index (χ1v) is 14.2. The second-order valence-electron chi connectivity index (χ2n) is 11.1. The fourth-order valence-corrected chi connectivity index (χ4v) is 5.83. The van der Waals surface area contributed by atoms with Gasteiger partial charge in [0.2, 0.25) is 0 Å². The average Bonchev–Trinajstić information content (AvgIpc) is 3.28. The number of benzene rings is 4. The molecule has 4 aromatic carbocycles. The van der Waals surface area contributed by atoms with Gasteiger partial charge < -0.3 is 14.6 Å². The molecule has 7 heteroatoms. The van der Waals surface area contributed by atoms with Crippen molar-refractivity contribution in [2.45, 2.75) is 38.6 Å². The molecule has 6 rings (SSSR count). The molecule has 2 heterocycles. The molecule has 1 N–H and O–H groups in total. The van der Waals surface area contributed by atoms with Crippen molar-refractivity contribution in [1.82, 2.24) is 4.90 Å². The van der Waals surface area contributed by atoms with Crippen LogP contribution in [0.4, 0.5) is 5.69 Å². The summed E-state index contributed by atoms with van der Waals surface area (Å²) in [6, 6.07) is 32.3. The molecule has 0 aliphatic carbocycles. The van der Waals surface area contributed by atoms with Crippen molar-refractivity contribution in [2.75, 3.05) is 18.5 Å². The van der Waals surface area contributed by atoms with Crippen LogP contribution in [0.15, 0.2) is 103 Å². The number of imide groups is 1. The highest BCUT2D eigenvalue weighted by Crippen LogP contribution is 2.42. The summed E-state index contributed by atoms with van der Waals surface area (Å²) in [5, 5.41) is 9.55. The van der Waals surface area contributed by atoms with Crippen LogP contribution in [-0.4, -0.2) is 41.5 Å². The number of anilines is 1. The second kappa shape index (κ2) is 12.0. The van der Waals surface area contributed by atoms with E-state index < -0.39 is 6.29 Å². The SMILES string of the molecule is C[C@@H]1[C@H](CN(C)Cc2ccccc2)O[C@H](c2cccc(N3C(=O)c4ccccc4C3=O)c2)O[C@@H]1c1ccc(CO)cc1. The maximum Gasteiger partial charge on any atom is 0.266 e. The number of nitrogens with zero attached hydrogens (tertiary/aromatic N) is 2. The number of hydrogen-bond acceptors (Lipinski definition) is 6. The summed E-state index contributed by atoms with van der Waals surface area (Å²) < 4.78 is 13.2. The zero-order chi connectivity index (χ0) is 29.2. The normalized spacial score (nSPS) is 22.0. The molecule has 4 aromatic rings. The molecule has 1 fully saturated rings. The maximum atomic E-state index is 13.2. The molecule has 2 aliphatic heterocycles. The number of rotatable bonds is 8. The van der Waals surface area contributed by atoms with Crippen molar-refractivity contribution in [3.63, 3.8) is 0 Å². The zero-order valence-electron chi connectivity index (χ0n) is 23.7. The third-order valence-corrected chi connectivity index (χ3v) is 8.10. The first-order valence-electron chi connectivity index (χ1n) is 14.2. The van der Waals surface area contributed by atoms with Gasteiger partial charge in [0, 0.05) is 24.6 Å². The standard InChI is InChI=1S/C35H34N2O5/c1-23-31(21-36(2)20-24-9-4-3-5-10-24)41-35(42-32(23)26-17-15-25(22-38)16-18-26)27-11-8-12-28(19-27)37-33(39)29-13-6-7-14-30(29)34(37)40/h3-19,23,31-32,35,38H,20-22H2,1-2H3/t23-,31+,32+,35+/m1/s1. The Bertz CT molecular complexity index is 1540. The lowest BCUT2D eigenvalue weighted by atomic mass is 9.90. The number of carbonyl (C=O) groups excluding carboxylic acids is 2. The van der Waals surface area contributed by atoms with Crippen LogP contribution in [0.2, 0.25) is 0 Å². The Morgan fingerprint density at radius 2 is 1.43 bits per heavy atom. The molecule has 42 heavy (non-hydrogen) atoms. The quantitative estimate of drug-likeness (QED) is 0.269. The lowest BCUT2D eigenvalue weighted by Crippen LogP contribution is -2.43. The fraction of sp³-hybridized carbons (Fsp3) is 0.257. The van der Waals surface area contributed by atoms with Crippen molar-refractivity contribution in [3.8, 4) is 0 Å². The van der Waals surface area contributed by atoms with Gasteiger partial charge in [-0.15, -0.1) is 0 Å². The zero-order valence-corrected chi connectivity index (χ0v) is 23.7. The molecule has 1 saturated heterocycles. The fourth-order valence-electron chi connectivity index (χ4n) is 5.83. The molecule has 0 saturated carbocycles. The Morgan fingerprint density at radius 3 is 2.10 bits per heavy atom. The number of amides is 2. The summed E-state index contributed by atoms with van der Waals surface area (Å²) in [4.78, 5) is 29.8. The number of aliphatic hydroxyl groups excluding tert-OH is 1. The van der Waals surface area contributed by atoms with Crippen LogP contribution in [0.3, 0.4) is 0 Å². The summed E-state index contributed by atoms with van der Waals surface area (Å²) in [5.41, 5.74) is 5.07. The smallest absolute Gasteiger partial charge is 0.266 e. The minimum atomic E-state index is -0.714. The maximum absolute atomic E-state index is 13.2. The van der Waals surface area contributed by atoms with E-state index in [-0.39, 0.29) is 36.5 Å². The van der Waals surface area contributed by atoms with Gasteiger partial charge >= 0.3 is 0 Å². The van der Waals surface area contributed by atoms with Crippen molar-refractivity contribution in [3.05, 3.63) is 137 Å². The minimum absolute atomic E-state index is 0.0232. The highest BCUT2D eigenvalue weighted by atomic mass is 16.7. The summed E-state index contributed by atoms with van der Waals surface area (Å²) >= 11 is 0. The van der Waals surface area contributed by atoms with E-state index in [4.69, 9.17) is 9.47 Å². The van der Waals surface area contributed by atoms with E-state index in [1.54, 1.807) is 36.4 Å². The van der Waals surface area contributed by atoms with Gasteiger partial charge in [0.1, 0.15) is 0 Å². The number of carbonyl (C=O) groups is 2. The van der Waals surface area contributed by atoms with E-state index in [0.717, 1.165) is 23.2 Å². The van der Waals surface area contributed by atoms with Gasteiger partial charge in [-0.05, 0) is 48.0 Å². The first kappa shape index (κ1) is 28.0. The molecule has 0 unspecified atom stereocenters. The molecule has 4 atom stereocenters. The third kappa shape index (κ3) is 5.52. The molecular formula is C35H34N2O5. The number of hydrogen-bond donors (Lipinski definition) is 1. The molecule has 2 amide bonds. The second-order valence-corrected chi connectivity index (χ2v) is 11.1. The highest BCUT2D eigenvalue weighted by molar-refractivity contribution is 6.34. The van der Waals surface area contributed by atoms with Crippen molar-refractivity contribution in [1.29, 1.82) is 0 Å². The van der Waals surface area contributed by atoms with E-state index in [1.165, 1.54) is 10.5 Å². The van der Waals surface area contributed by atoms with Gasteiger partial charge in [0.15, 0.2) is 6.29 Å². The van der Waals surface area contributed by atoms with Gasteiger partial charge in [-0.3, -0.25) is 14.5 Å². The molecule has 214 valence electrons. The molecule has 0 spiro atoms. The first-order chi connectivity index (χ1) is 20.4. The van der Waals surface area contributed by atoms with Crippen molar-refractivity contribution < 1.29 is 24.2 Å². The van der Waals surface area contributed by atoms with Gasteiger partial charge in [-0.1, -0.05) is 85.8 Å². The summed E-state index contributed by atoms with van der Waals surface area (Å²) in [6.45, 7) is 3.57. The summed E-state index contributed by atoms with van der Waals surface area (Å²) in [5.74, 6) is -0.651. The van der Waals surface area contributed by atoms with Gasteiger partial charge in [-0.2, -0.15) is 0 Å². The Labute approximate surface area is 245 Å². The van der Waals surface area contributed by atoms with Crippen LogP contribution < -0.4 is 4.90 Å². The number of likely N-dealkylation sites (N-methyl/N-ethyl adjacent to an activating group) is 1. The Morgan fingerprint density at radius 1 is 0.762 bits per heavy atom. The largest absolute Gasteiger partial charge is 0.392 e. The van der Waals surface area contributed by atoms with Crippen molar-refractivity contribution in [2.24, 2.45) is 5.92 Å². The predicted octanol–water partition coefficient (Wildman–Crippen LogP) is 5.90. The lowest BCUT2D eigenvalue weighted by molar-refractivity contribution is -0.276. The molecular weight excluding hydrogens is 528 g/mol. The van der Waals surface area contributed by atoms with Crippen molar-refractivity contribution >= 4 is 17.5 Å². The molecule has 0 bridgehead atoms. The van der Waals surface area contributed by atoms with Crippen LogP contribution in [0.5, 0.6) is 0 Å². The van der Waals surface area contributed by atoms with Gasteiger partial charge in [0.05, 0.1) is 35.6 Å². The van der Waals surface area contributed by atoms with E-state index in [9.17, 15) is 14.7 Å². The Kier molecular flexibility index (Phi) is 8.00. The van der Waals surface area contributed by atoms with Crippen LogP contribution in [0, 0.1) is 5.92 Å². The topological polar surface area (TPSA) is 79.3 Å². The lowest BCUT2D eigenvalue weighted by Gasteiger charge is -2.42. The third-order valence-electron chi connectivity index (χ3n) is 8.10. The van der Waals surface area contributed by atoms with E-state index in [2.05, 4.69) is 31.0 Å². The van der Waals surface area contributed by atoms with E-state index in [1.807, 2.05) is 54.6 Å². The monoisotopic (exact) mass is 562 g/mol. The van der Waals surface area contributed by atoms with Crippen LogP contribution in [0.1, 0.15) is 62.3 Å². The molecule has 0 aromatic heterocycles.